The fourth-order valence-corrected chi connectivity index (χ4v) is 3.23. The summed E-state index contributed by atoms with van der Waals surface area (Å²) in [5.41, 5.74) is 1.12. The number of benzene rings is 2. The second kappa shape index (κ2) is 7.62. The van der Waals surface area contributed by atoms with Gasteiger partial charge in [-0.05, 0) is 42.7 Å². The lowest BCUT2D eigenvalue weighted by molar-refractivity contribution is 0.225. The number of para-hydroxylation sites is 1. The number of rotatable bonds is 7. The fraction of sp³-hybridized carbons (Fsp3) is 0.333. The smallest absolute Gasteiger partial charge is 0.240 e. The lowest BCUT2D eigenvalue weighted by Gasteiger charge is -2.16. The molecule has 23 heavy (non-hydrogen) atoms. The zero-order valence-electron chi connectivity index (χ0n) is 13.7. The lowest BCUT2D eigenvalue weighted by Crippen LogP contribution is -2.33. The van der Waals surface area contributed by atoms with Crippen LogP contribution in [0.25, 0.3) is 0 Å². The third-order valence-electron chi connectivity index (χ3n) is 3.50. The summed E-state index contributed by atoms with van der Waals surface area (Å²) in [6.45, 7) is 6.19. The molecule has 0 radical (unpaired) electrons. The molecule has 0 bridgehead atoms. The van der Waals surface area contributed by atoms with E-state index in [-0.39, 0.29) is 17.5 Å². The number of hydrogen-bond donors (Lipinski definition) is 1. The van der Waals surface area contributed by atoms with Gasteiger partial charge in [0, 0.05) is 6.54 Å². The van der Waals surface area contributed by atoms with Crippen molar-refractivity contribution in [2.75, 3.05) is 6.54 Å². The van der Waals surface area contributed by atoms with Crippen molar-refractivity contribution < 1.29 is 13.2 Å². The maximum absolute atomic E-state index is 12.3. The van der Waals surface area contributed by atoms with Crippen LogP contribution >= 0.6 is 0 Å². The topological polar surface area (TPSA) is 55.4 Å². The summed E-state index contributed by atoms with van der Waals surface area (Å²) in [7, 11) is -3.52. The van der Waals surface area contributed by atoms with Crippen molar-refractivity contribution >= 4 is 10.0 Å². The first-order valence-electron chi connectivity index (χ1n) is 7.70. The van der Waals surface area contributed by atoms with Gasteiger partial charge in [0.15, 0.2) is 0 Å². The summed E-state index contributed by atoms with van der Waals surface area (Å²) in [6, 6.07) is 16.3. The van der Waals surface area contributed by atoms with Gasteiger partial charge in [-0.25, -0.2) is 13.1 Å². The molecule has 1 unspecified atom stereocenters. The minimum absolute atomic E-state index is 0.211. The number of hydrogen-bond acceptors (Lipinski definition) is 3. The first-order valence-corrected chi connectivity index (χ1v) is 9.18. The molecule has 0 spiro atoms. The molecule has 0 aromatic heterocycles. The van der Waals surface area contributed by atoms with E-state index in [1.807, 2.05) is 49.4 Å². The molecule has 124 valence electrons. The van der Waals surface area contributed by atoms with Crippen molar-refractivity contribution in [2.24, 2.45) is 0 Å². The molecule has 2 rings (SSSR count). The molecule has 4 nitrogen and oxygen atoms in total. The minimum atomic E-state index is -3.52. The molecular formula is C18H23NO3S. The van der Waals surface area contributed by atoms with Gasteiger partial charge in [0.1, 0.15) is 11.9 Å². The van der Waals surface area contributed by atoms with Gasteiger partial charge in [0.25, 0.3) is 0 Å². The van der Waals surface area contributed by atoms with E-state index in [4.69, 9.17) is 4.74 Å². The summed E-state index contributed by atoms with van der Waals surface area (Å²) in [5.74, 6) is 1.10. The molecule has 0 saturated heterocycles. The molecule has 0 aliphatic carbocycles. The first-order chi connectivity index (χ1) is 10.9. The highest BCUT2D eigenvalue weighted by molar-refractivity contribution is 7.89. The van der Waals surface area contributed by atoms with E-state index in [9.17, 15) is 8.42 Å². The Balaban J connectivity index is 1.95. The Labute approximate surface area is 138 Å². The minimum Gasteiger partial charge on any atom is -0.489 e. The summed E-state index contributed by atoms with van der Waals surface area (Å²) in [6.07, 6.45) is -0.262. The van der Waals surface area contributed by atoms with E-state index < -0.39 is 10.0 Å². The van der Waals surface area contributed by atoms with Crippen molar-refractivity contribution in [3.05, 3.63) is 60.2 Å². The molecular weight excluding hydrogens is 310 g/mol. The molecule has 2 aromatic rings. The fourth-order valence-electron chi connectivity index (χ4n) is 2.12. The van der Waals surface area contributed by atoms with Crippen LogP contribution in [0.2, 0.25) is 0 Å². The van der Waals surface area contributed by atoms with E-state index in [0.29, 0.717) is 5.92 Å². The predicted octanol–water partition coefficient (Wildman–Crippen LogP) is 3.56. The largest absolute Gasteiger partial charge is 0.489 e. The third-order valence-corrected chi connectivity index (χ3v) is 4.94. The molecule has 0 amide bonds. The summed E-state index contributed by atoms with van der Waals surface area (Å²) in [5, 5.41) is 0. The van der Waals surface area contributed by atoms with Gasteiger partial charge in [-0.15, -0.1) is 0 Å². The van der Waals surface area contributed by atoms with Crippen molar-refractivity contribution in [3.8, 4) is 5.75 Å². The lowest BCUT2D eigenvalue weighted by atomic mass is 10.0. The molecule has 0 fully saturated rings. The highest BCUT2D eigenvalue weighted by atomic mass is 32.2. The molecule has 0 heterocycles. The van der Waals surface area contributed by atoms with Gasteiger partial charge in [-0.1, -0.05) is 44.2 Å². The molecule has 2 aromatic carbocycles. The predicted molar refractivity (Wildman–Crippen MR) is 92.3 cm³/mol. The Morgan fingerprint density at radius 2 is 1.57 bits per heavy atom. The maximum atomic E-state index is 12.3. The van der Waals surface area contributed by atoms with Crippen molar-refractivity contribution in [2.45, 2.75) is 37.7 Å². The van der Waals surface area contributed by atoms with Crippen LogP contribution < -0.4 is 9.46 Å². The quantitative estimate of drug-likeness (QED) is 0.843. The maximum Gasteiger partial charge on any atom is 0.240 e. The van der Waals surface area contributed by atoms with Crippen LogP contribution in [-0.4, -0.2) is 21.1 Å². The SMILES string of the molecule is CC(CNS(=O)(=O)c1ccc(C(C)C)cc1)Oc1ccccc1. The number of sulfonamides is 1. The summed E-state index contributed by atoms with van der Waals surface area (Å²) >= 11 is 0. The van der Waals surface area contributed by atoms with Gasteiger partial charge in [0.2, 0.25) is 10.0 Å². The van der Waals surface area contributed by atoms with Crippen LogP contribution in [0.1, 0.15) is 32.3 Å². The molecule has 1 N–H and O–H groups in total. The normalized spacial score (nSPS) is 13.0. The van der Waals surface area contributed by atoms with Crippen LogP contribution in [0.4, 0.5) is 0 Å². The Morgan fingerprint density at radius 1 is 0.957 bits per heavy atom. The Bertz CT molecular complexity index is 710. The summed E-state index contributed by atoms with van der Waals surface area (Å²) in [4.78, 5) is 0.272. The van der Waals surface area contributed by atoms with E-state index in [0.717, 1.165) is 11.3 Å². The summed E-state index contributed by atoms with van der Waals surface area (Å²) < 4.78 is 32.9. The van der Waals surface area contributed by atoms with Crippen LogP contribution in [0.5, 0.6) is 5.75 Å². The molecule has 1 atom stereocenters. The van der Waals surface area contributed by atoms with Crippen LogP contribution in [0.15, 0.2) is 59.5 Å². The zero-order chi connectivity index (χ0) is 16.9. The Kier molecular flexibility index (Phi) is 5.80. The first kappa shape index (κ1) is 17.5. The molecule has 5 heteroatoms. The third kappa shape index (κ3) is 5.08. The van der Waals surface area contributed by atoms with E-state index in [1.165, 1.54) is 0 Å². The zero-order valence-corrected chi connectivity index (χ0v) is 14.5. The Morgan fingerprint density at radius 3 is 2.13 bits per heavy atom. The standard InChI is InChI=1S/C18H23NO3S/c1-14(2)16-9-11-18(12-10-16)23(20,21)19-13-15(3)22-17-7-5-4-6-8-17/h4-12,14-15,19H,13H2,1-3H3. The van der Waals surface area contributed by atoms with Gasteiger partial charge >= 0.3 is 0 Å². The molecule has 0 aliphatic heterocycles. The van der Waals surface area contributed by atoms with Crippen LogP contribution in [0, 0.1) is 0 Å². The average Bonchev–Trinajstić information content (AvgIpc) is 2.54. The number of ether oxygens (including phenoxy) is 1. The van der Waals surface area contributed by atoms with Crippen LogP contribution in [-0.2, 0) is 10.0 Å². The molecule has 0 aliphatic rings. The number of nitrogens with one attached hydrogen (secondary N) is 1. The average molecular weight is 333 g/mol. The van der Waals surface area contributed by atoms with Crippen LogP contribution in [0.3, 0.4) is 0 Å². The van der Waals surface area contributed by atoms with Crippen molar-refractivity contribution in [1.29, 1.82) is 0 Å². The van der Waals surface area contributed by atoms with E-state index in [1.54, 1.807) is 12.1 Å². The molecule has 0 saturated carbocycles. The van der Waals surface area contributed by atoms with Crippen molar-refractivity contribution in [3.63, 3.8) is 0 Å². The highest BCUT2D eigenvalue weighted by Gasteiger charge is 2.16. The monoisotopic (exact) mass is 333 g/mol. The van der Waals surface area contributed by atoms with E-state index >= 15 is 0 Å². The highest BCUT2D eigenvalue weighted by Crippen LogP contribution is 2.17. The van der Waals surface area contributed by atoms with Gasteiger partial charge in [-0.3, -0.25) is 0 Å². The van der Waals surface area contributed by atoms with Gasteiger partial charge in [0.05, 0.1) is 4.90 Å². The second-order valence-electron chi connectivity index (χ2n) is 5.82. The van der Waals surface area contributed by atoms with Crippen molar-refractivity contribution in [1.82, 2.24) is 4.72 Å². The second-order valence-corrected chi connectivity index (χ2v) is 7.58. The van der Waals surface area contributed by atoms with Gasteiger partial charge in [-0.2, -0.15) is 0 Å². The Hall–Kier alpha value is -1.85. The van der Waals surface area contributed by atoms with Gasteiger partial charge < -0.3 is 4.74 Å². The van der Waals surface area contributed by atoms with E-state index in [2.05, 4.69) is 18.6 Å².